The van der Waals surface area contributed by atoms with Crippen LogP contribution in [0.2, 0.25) is 0 Å². The first-order valence-corrected chi connectivity index (χ1v) is 8.33. The fourth-order valence-corrected chi connectivity index (χ4v) is 3.17. The van der Waals surface area contributed by atoms with Crippen molar-refractivity contribution < 1.29 is 13.7 Å². The Morgan fingerprint density at radius 2 is 2.24 bits per heavy atom. The molecule has 2 atom stereocenters. The van der Waals surface area contributed by atoms with E-state index >= 15 is 0 Å². The van der Waals surface area contributed by atoms with Crippen LogP contribution in [0, 0.1) is 12.7 Å². The van der Waals surface area contributed by atoms with Gasteiger partial charge in [0.15, 0.2) is 5.82 Å². The Morgan fingerprint density at radius 1 is 1.48 bits per heavy atom. The first kappa shape index (κ1) is 17.5. The summed E-state index contributed by atoms with van der Waals surface area (Å²) < 4.78 is 18.1. The zero-order valence-corrected chi connectivity index (χ0v) is 14.1. The number of likely N-dealkylation sites (tertiary alicyclic amines) is 1. The van der Waals surface area contributed by atoms with Crippen LogP contribution in [0.1, 0.15) is 36.2 Å². The second-order valence-electron chi connectivity index (χ2n) is 6.36. The molecule has 0 saturated carbocycles. The molecular formula is C17H22FN5O2. The number of hydrogen-bond acceptors (Lipinski definition) is 6. The molecule has 2 aromatic rings. The van der Waals surface area contributed by atoms with Gasteiger partial charge in [-0.15, -0.1) is 0 Å². The first-order chi connectivity index (χ1) is 12.0. The van der Waals surface area contributed by atoms with Crippen LogP contribution < -0.4 is 11.1 Å². The third-order valence-electron chi connectivity index (χ3n) is 4.33. The highest BCUT2D eigenvalue weighted by Gasteiger charge is 2.26. The molecule has 1 amide bonds. The number of hydrogen-bond donors (Lipinski definition) is 2. The molecule has 2 heterocycles. The van der Waals surface area contributed by atoms with E-state index in [1.54, 1.807) is 19.1 Å². The number of primary amides is 1. The standard InChI is InChI=1S/C17H22FN5O2/c1-11-20-15(22-25-11)10-23-8-2-3-14(9-23)21-16(17(19)24)12-4-6-13(18)7-5-12/h4-7,14,16,21H,2-3,8-10H2,1H3,(H2,19,24)/t14-,16-/m1/s1. The van der Waals surface area contributed by atoms with Gasteiger partial charge < -0.3 is 10.3 Å². The number of carbonyl (C=O) groups excluding carboxylic acids is 1. The van der Waals surface area contributed by atoms with Gasteiger partial charge in [-0.25, -0.2) is 4.39 Å². The lowest BCUT2D eigenvalue weighted by Crippen LogP contribution is -2.49. The largest absolute Gasteiger partial charge is 0.368 e. The highest BCUT2D eigenvalue weighted by molar-refractivity contribution is 5.81. The van der Waals surface area contributed by atoms with Crippen molar-refractivity contribution in [2.24, 2.45) is 5.73 Å². The van der Waals surface area contributed by atoms with Crippen molar-refractivity contribution in [3.8, 4) is 0 Å². The van der Waals surface area contributed by atoms with Gasteiger partial charge in [-0.05, 0) is 37.1 Å². The maximum absolute atomic E-state index is 13.1. The van der Waals surface area contributed by atoms with Gasteiger partial charge in [0.1, 0.15) is 11.9 Å². The molecule has 1 fully saturated rings. The number of nitrogens with one attached hydrogen (secondary N) is 1. The summed E-state index contributed by atoms with van der Waals surface area (Å²) in [6.07, 6.45) is 1.93. The van der Waals surface area contributed by atoms with E-state index in [9.17, 15) is 9.18 Å². The third kappa shape index (κ3) is 4.61. The van der Waals surface area contributed by atoms with E-state index in [0.29, 0.717) is 23.8 Å². The second kappa shape index (κ2) is 7.71. The second-order valence-corrected chi connectivity index (χ2v) is 6.36. The minimum atomic E-state index is -0.641. The molecule has 0 radical (unpaired) electrons. The van der Waals surface area contributed by atoms with Crippen molar-refractivity contribution in [2.45, 2.75) is 38.4 Å². The van der Waals surface area contributed by atoms with Crippen molar-refractivity contribution in [3.05, 3.63) is 47.4 Å². The van der Waals surface area contributed by atoms with Crippen LogP contribution in [0.4, 0.5) is 4.39 Å². The summed E-state index contributed by atoms with van der Waals surface area (Å²) >= 11 is 0. The summed E-state index contributed by atoms with van der Waals surface area (Å²) in [5.74, 6) is 0.388. The van der Waals surface area contributed by atoms with Crippen LogP contribution in [0.5, 0.6) is 0 Å². The Labute approximate surface area is 145 Å². The molecule has 25 heavy (non-hydrogen) atoms. The third-order valence-corrected chi connectivity index (χ3v) is 4.33. The number of nitrogens with two attached hydrogens (primary N) is 1. The van der Waals surface area contributed by atoms with Gasteiger partial charge in [0.05, 0.1) is 6.54 Å². The zero-order valence-electron chi connectivity index (χ0n) is 14.1. The minimum absolute atomic E-state index is 0.101. The van der Waals surface area contributed by atoms with E-state index in [1.165, 1.54) is 12.1 Å². The number of nitrogens with zero attached hydrogens (tertiary/aromatic N) is 3. The Bertz CT molecular complexity index is 718. The van der Waals surface area contributed by atoms with E-state index < -0.39 is 11.9 Å². The molecule has 0 unspecified atom stereocenters. The van der Waals surface area contributed by atoms with Gasteiger partial charge in [-0.3, -0.25) is 15.0 Å². The van der Waals surface area contributed by atoms with Gasteiger partial charge in [-0.2, -0.15) is 4.98 Å². The summed E-state index contributed by atoms with van der Waals surface area (Å²) in [5, 5.41) is 7.23. The Hall–Kier alpha value is -2.32. The van der Waals surface area contributed by atoms with Crippen LogP contribution in [0.3, 0.4) is 0 Å². The zero-order chi connectivity index (χ0) is 17.8. The number of aryl methyl sites for hydroxylation is 1. The quantitative estimate of drug-likeness (QED) is 0.817. The summed E-state index contributed by atoms with van der Waals surface area (Å²) in [6.45, 7) is 4.05. The van der Waals surface area contributed by atoms with Crippen molar-refractivity contribution in [2.75, 3.05) is 13.1 Å². The first-order valence-electron chi connectivity index (χ1n) is 8.33. The molecule has 8 heteroatoms. The van der Waals surface area contributed by atoms with Crippen molar-refractivity contribution >= 4 is 5.91 Å². The SMILES string of the molecule is Cc1nc(CN2CCC[C@@H](N[C@@H](C(N)=O)c3ccc(F)cc3)C2)no1. The molecule has 1 aromatic carbocycles. The highest BCUT2D eigenvalue weighted by Crippen LogP contribution is 2.19. The van der Waals surface area contributed by atoms with Crippen molar-refractivity contribution in [1.29, 1.82) is 0 Å². The molecule has 1 aromatic heterocycles. The fourth-order valence-electron chi connectivity index (χ4n) is 3.17. The molecule has 134 valence electrons. The Balaban J connectivity index is 1.63. The molecule has 7 nitrogen and oxygen atoms in total. The lowest BCUT2D eigenvalue weighted by atomic mass is 10.0. The number of halogens is 1. The van der Waals surface area contributed by atoms with E-state index in [-0.39, 0.29) is 11.9 Å². The Kier molecular flexibility index (Phi) is 5.40. The van der Waals surface area contributed by atoms with Crippen LogP contribution in [0.25, 0.3) is 0 Å². The topological polar surface area (TPSA) is 97.3 Å². The van der Waals surface area contributed by atoms with Crippen molar-refractivity contribution in [1.82, 2.24) is 20.4 Å². The van der Waals surface area contributed by atoms with E-state index in [4.69, 9.17) is 10.3 Å². The Morgan fingerprint density at radius 3 is 2.88 bits per heavy atom. The summed E-state index contributed by atoms with van der Waals surface area (Å²) in [7, 11) is 0. The van der Waals surface area contributed by atoms with Gasteiger partial charge in [0, 0.05) is 19.5 Å². The lowest BCUT2D eigenvalue weighted by molar-refractivity contribution is -0.120. The van der Waals surface area contributed by atoms with Gasteiger partial charge in [-0.1, -0.05) is 17.3 Å². The predicted octanol–water partition coefficient (Wildman–Crippen LogP) is 1.30. The van der Waals surface area contributed by atoms with Crippen LogP contribution in [-0.4, -0.2) is 40.1 Å². The maximum atomic E-state index is 13.1. The fraction of sp³-hybridized carbons (Fsp3) is 0.471. The predicted molar refractivity (Wildman–Crippen MR) is 88.8 cm³/mol. The summed E-state index contributed by atoms with van der Waals surface area (Å²) in [4.78, 5) is 18.3. The summed E-state index contributed by atoms with van der Waals surface area (Å²) in [6, 6.07) is 5.29. The van der Waals surface area contributed by atoms with E-state index in [0.717, 1.165) is 25.9 Å². The molecule has 1 saturated heterocycles. The molecule has 1 aliphatic rings. The van der Waals surface area contributed by atoms with Crippen LogP contribution in [0.15, 0.2) is 28.8 Å². The average molecular weight is 347 g/mol. The van der Waals surface area contributed by atoms with E-state index in [1.807, 2.05) is 0 Å². The number of carbonyl (C=O) groups is 1. The molecular weight excluding hydrogens is 325 g/mol. The van der Waals surface area contributed by atoms with Gasteiger partial charge in [0.25, 0.3) is 0 Å². The molecule has 1 aliphatic heterocycles. The van der Waals surface area contributed by atoms with Crippen LogP contribution in [-0.2, 0) is 11.3 Å². The van der Waals surface area contributed by atoms with E-state index in [2.05, 4.69) is 20.4 Å². The average Bonchev–Trinajstić information content (AvgIpc) is 2.99. The number of aromatic nitrogens is 2. The maximum Gasteiger partial charge on any atom is 0.239 e. The number of amides is 1. The number of rotatable bonds is 6. The summed E-state index contributed by atoms with van der Waals surface area (Å²) in [5.41, 5.74) is 6.21. The number of benzene rings is 1. The molecule has 0 bridgehead atoms. The van der Waals surface area contributed by atoms with Gasteiger partial charge >= 0.3 is 0 Å². The highest BCUT2D eigenvalue weighted by atomic mass is 19.1. The monoisotopic (exact) mass is 347 g/mol. The molecule has 0 spiro atoms. The van der Waals surface area contributed by atoms with Crippen LogP contribution >= 0.6 is 0 Å². The lowest BCUT2D eigenvalue weighted by Gasteiger charge is -2.34. The smallest absolute Gasteiger partial charge is 0.239 e. The van der Waals surface area contributed by atoms with Crippen molar-refractivity contribution in [3.63, 3.8) is 0 Å². The molecule has 3 N–H and O–H groups in total. The molecule has 3 rings (SSSR count). The van der Waals surface area contributed by atoms with Gasteiger partial charge in [0.2, 0.25) is 11.8 Å². The number of piperidine rings is 1. The molecule has 0 aliphatic carbocycles. The minimum Gasteiger partial charge on any atom is -0.368 e. The normalized spacial score (nSPS) is 19.7.